The molecule has 0 saturated carbocycles. The fraction of sp³-hybridized carbons (Fsp3) is 0.500. The van der Waals surface area contributed by atoms with E-state index in [4.69, 9.17) is 4.98 Å². The number of hydrogen-bond acceptors (Lipinski definition) is 6. The number of anilines is 2. The van der Waals surface area contributed by atoms with Crippen LogP contribution in [-0.4, -0.2) is 34.0 Å². The summed E-state index contributed by atoms with van der Waals surface area (Å²) in [5.41, 5.74) is 2.31. The highest BCUT2D eigenvalue weighted by molar-refractivity contribution is 5.51. The maximum Gasteiger partial charge on any atom is 0.134 e. The van der Waals surface area contributed by atoms with Gasteiger partial charge in [0.25, 0.3) is 0 Å². The van der Waals surface area contributed by atoms with E-state index in [0.717, 1.165) is 42.7 Å². The van der Waals surface area contributed by atoms with Gasteiger partial charge in [-0.05, 0) is 5.92 Å². The average Bonchev–Trinajstić information content (AvgIpc) is 2.90. The molecule has 0 saturated heterocycles. The molecule has 116 valence electrons. The first-order valence-corrected chi connectivity index (χ1v) is 7.61. The lowest BCUT2D eigenvalue weighted by Gasteiger charge is -2.18. The Labute approximate surface area is 131 Å². The molecule has 0 radical (unpaired) electrons. The van der Waals surface area contributed by atoms with E-state index < -0.39 is 0 Å². The monoisotopic (exact) mass is 298 g/mol. The number of nitrogens with zero attached hydrogens (tertiary/aromatic N) is 6. The van der Waals surface area contributed by atoms with Crippen molar-refractivity contribution in [3.63, 3.8) is 0 Å². The standard InChI is InChI=1S/C16H22N6/c1-11(2)5-14-17-7-12-8-22(9-13(12)20-14)16-6-15(21(3)4)18-10-19-16/h6-7,10-11H,5,8-9H2,1-4H3. The van der Waals surface area contributed by atoms with Crippen molar-refractivity contribution >= 4 is 11.6 Å². The third kappa shape index (κ3) is 3.00. The van der Waals surface area contributed by atoms with Crippen LogP contribution in [0.15, 0.2) is 18.6 Å². The molecule has 0 unspecified atom stereocenters. The van der Waals surface area contributed by atoms with Crippen molar-refractivity contribution < 1.29 is 0 Å². The minimum absolute atomic E-state index is 0.570. The minimum atomic E-state index is 0.570. The molecule has 6 nitrogen and oxygen atoms in total. The average molecular weight is 298 g/mol. The van der Waals surface area contributed by atoms with Crippen molar-refractivity contribution in [2.24, 2.45) is 5.92 Å². The molecule has 0 amide bonds. The Morgan fingerprint density at radius 2 is 2.00 bits per heavy atom. The van der Waals surface area contributed by atoms with Crippen molar-refractivity contribution in [3.8, 4) is 0 Å². The molecule has 6 heteroatoms. The highest BCUT2D eigenvalue weighted by atomic mass is 15.2. The van der Waals surface area contributed by atoms with Crippen LogP contribution in [-0.2, 0) is 19.5 Å². The first-order valence-electron chi connectivity index (χ1n) is 7.61. The molecule has 22 heavy (non-hydrogen) atoms. The van der Waals surface area contributed by atoms with Crippen molar-refractivity contribution in [3.05, 3.63) is 35.7 Å². The van der Waals surface area contributed by atoms with Crippen LogP contribution < -0.4 is 9.80 Å². The second-order valence-corrected chi connectivity index (χ2v) is 6.34. The van der Waals surface area contributed by atoms with E-state index in [1.165, 1.54) is 5.56 Å². The van der Waals surface area contributed by atoms with Crippen molar-refractivity contribution in [2.75, 3.05) is 23.9 Å². The molecule has 2 aromatic heterocycles. The van der Waals surface area contributed by atoms with Gasteiger partial charge in [0, 0.05) is 44.9 Å². The second-order valence-electron chi connectivity index (χ2n) is 6.34. The molecule has 0 spiro atoms. The molecule has 0 aromatic carbocycles. The molecule has 0 fully saturated rings. The molecule has 0 N–H and O–H groups in total. The van der Waals surface area contributed by atoms with Gasteiger partial charge in [0.1, 0.15) is 23.8 Å². The third-order valence-electron chi connectivity index (χ3n) is 3.72. The van der Waals surface area contributed by atoms with E-state index in [9.17, 15) is 0 Å². The Morgan fingerprint density at radius 1 is 1.18 bits per heavy atom. The van der Waals surface area contributed by atoms with Gasteiger partial charge in [0.2, 0.25) is 0 Å². The van der Waals surface area contributed by atoms with Crippen LogP contribution in [0.5, 0.6) is 0 Å². The lowest BCUT2D eigenvalue weighted by Crippen LogP contribution is -2.18. The minimum Gasteiger partial charge on any atom is -0.363 e. The molecule has 1 aliphatic heterocycles. The quantitative estimate of drug-likeness (QED) is 0.861. The summed E-state index contributed by atoms with van der Waals surface area (Å²) in [5, 5.41) is 0. The molecular formula is C16H22N6. The first-order chi connectivity index (χ1) is 10.5. The maximum atomic E-state index is 4.72. The van der Waals surface area contributed by atoms with Gasteiger partial charge in [-0.15, -0.1) is 0 Å². The second kappa shape index (κ2) is 5.87. The molecule has 3 rings (SSSR count). The third-order valence-corrected chi connectivity index (χ3v) is 3.72. The van der Waals surface area contributed by atoms with Gasteiger partial charge < -0.3 is 9.80 Å². The Morgan fingerprint density at radius 3 is 2.73 bits per heavy atom. The molecule has 2 aromatic rings. The van der Waals surface area contributed by atoms with Crippen LogP contribution in [0.25, 0.3) is 0 Å². The van der Waals surface area contributed by atoms with Gasteiger partial charge in [-0.2, -0.15) is 0 Å². The Kier molecular flexibility index (Phi) is 3.92. The van der Waals surface area contributed by atoms with E-state index in [2.05, 4.69) is 33.7 Å². The molecule has 3 heterocycles. The van der Waals surface area contributed by atoms with E-state index in [-0.39, 0.29) is 0 Å². The zero-order valence-corrected chi connectivity index (χ0v) is 13.6. The van der Waals surface area contributed by atoms with Crippen molar-refractivity contribution in [2.45, 2.75) is 33.4 Å². The van der Waals surface area contributed by atoms with Gasteiger partial charge in [0.15, 0.2) is 0 Å². The summed E-state index contributed by atoms with van der Waals surface area (Å²) in [6, 6.07) is 2.01. The van der Waals surface area contributed by atoms with Gasteiger partial charge in [-0.1, -0.05) is 13.8 Å². The normalized spacial score (nSPS) is 13.6. The van der Waals surface area contributed by atoms with Crippen LogP contribution >= 0.6 is 0 Å². The SMILES string of the molecule is CC(C)Cc1ncc2c(n1)CN(c1cc(N(C)C)ncn1)C2. The number of rotatable bonds is 4. The summed E-state index contributed by atoms with van der Waals surface area (Å²) in [7, 11) is 3.96. The van der Waals surface area contributed by atoms with Gasteiger partial charge in [-0.3, -0.25) is 0 Å². The summed E-state index contributed by atoms with van der Waals surface area (Å²) in [4.78, 5) is 22.1. The molecule has 0 atom stereocenters. The Hall–Kier alpha value is -2.24. The van der Waals surface area contributed by atoms with Crippen LogP contribution in [0, 0.1) is 5.92 Å². The van der Waals surface area contributed by atoms with E-state index in [0.29, 0.717) is 5.92 Å². The molecular weight excluding hydrogens is 276 g/mol. The van der Waals surface area contributed by atoms with Crippen molar-refractivity contribution in [1.82, 2.24) is 19.9 Å². The zero-order chi connectivity index (χ0) is 15.7. The summed E-state index contributed by atoms with van der Waals surface area (Å²) >= 11 is 0. The Balaban J connectivity index is 1.80. The maximum absolute atomic E-state index is 4.72. The fourth-order valence-corrected chi connectivity index (χ4v) is 2.57. The van der Waals surface area contributed by atoms with Gasteiger partial charge in [-0.25, -0.2) is 19.9 Å². The lowest BCUT2D eigenvalue weighted by molar-refractivity contribution is 0.617. The highest BCUT2D eigenvalue weighted by Crippen LogP contribution is 2.26. The lowest BCUT2D eigenvalue weighted by atomic mass is 10.1. The van der Waals surface area contributed by atoms with Crippen LogP contribution in [0.4, 0.5) is 11.6 Å². The predicted octanol–water partition coefficient (Wildman–Crippen LogP) is 2.05. The summed E-state index contributed by atoms with van der Waals surface area (Å²) < 4.78 is 0. The van der Waals surface area contributed by atoms with E-state index in [1.807, 2.05) is 31.3 Å². The summed E-state index contributed by atoms with van der Waals surface area (Å²) in [6.07, 6.45) is 4.50. The van der Waals surface area contributed by atoms with E-state index >= 15 is 0 Å². The highest BCUT2D eigenvalue weighted by Gasteiger charge is 2.23. The smallest absolute Gasteiger partial charge is 0.134 e. The summed E-state index contributed by atoms with van der Waals surface area (Å²) in [6.45, 7) is 5.97. The van der Waals surface area contributed by atoms with Gasteiger partial charge in [0.05, 0.1) is 12.2 Å². The first kappa shape index (κ1) is 14.7. The molecule has 1 aliphatic rings. The number of hydrogen-bond donors (Lipinski definition) is 0. The van der Waals surface area contributed by atoms with Crippen LogP contribution in [0.3, 0.4) is 0 Å². The fourth-order valence-electron chi connectivity index (χ4n) is 2.57. The predicted molar refractivity (Wildman–Crippen MR) is 86.8 cm³/mol. The van der Waals surface area contributed by atoms with Crippen LogP contribution in [0.2, 0.25) is 0 Å². The number of aromatic nitrogens is 4. The Bertz CT molecular complexity index is 667. The molecule has 0 aliphatic carbocycles. The summed E-state index contributed by atoms with van der Waals surface area (Å²) in [5.74, 6) is 3.35. The number of fused-ring (bicyclic) bond motifs is 1. The van der Waals surface area contributed by atoms with Crippen molar-refractivity contribution in [1.29, 1.82) is 0 Å². The van der Waals surface area contributed by atoms with Gasteiger partial charge >= 0.3 is 0 Å². The topological polar surface area (TPSA) is 58.0 Å². The zero-order valence-electron chi connectivity index (χ0n) is 13.6. The van der Waals surface area contributed by atoms with Crippen LogP contribution in [0.1, 0.15) is 30.9 Å². The largest absolute Gasteiger partial charge is 0.363 e. The molecule has 0 bridgehead atoms. The van der Waals surface area contributed by atoms with E-state index in [1.54, 1.807) is 6.33 Å².